The molecule has 2 amide bonds. The summed E-state index contributed by atoms with van der Waals surface area (Å²) in [4.78, 5) is 26.5. The summed E-state index contributed by atoms with van der Waals surface area (Å²) in [5.74, 6) is 0.651. The monoisotopic (exact) mass is 370 g/mol. The van der Waals surface area contributed by atoms with E-state index < -0.39 is 6.10 Å². The molecular weight excluding hydrogens is 344 g/mol. The van der Waals surface area contributed by atoms with E-state index in [1.54, 1.807) is 25.1 Å². The second-order valence-corrected chi connectivity index (χ2v) is 6.17. The van der Waals surface area contributed by atoms with Crippen molar-refractivity contribution in [1.29, 1.82) is 0 Å². The number of nitrogens with one attached hydrogen (secondary N) is 1. The lowest BCUT2D eigenvalue weighted by atomic mass is 10.2. The molecule has 0 fully saturated rings. The van der Waals surface area contributed by atoms with Crippen LogP contribution in [0.4, 0.5) is 5.69 Å². The first-order chi connectivity index (χ1) is 12.9. The van der Waals surface area contributed by atoms with Gasteiger partial charge >= 0.3 is 0 Å². The van der Waals surface area contributed by atoms with E-state index in [-0.39, 0.29) is 18.4 Å². The Morgan fingerprint density at radius 3 is 2.41 bits per heavy atom. The number of hydrogen-bond acceptors (Lipinski definition) is 4. The zero-order valence-electron chi connectivity index (χ0n) is 16.2. The molecule has 0 bridgehead atoms. The number of carbonyl (C=O) groups is 2. The molecule has 0 spiro atoms. The van der Waals surface area contributed by atoms with Crippen molar-refractivity contribution in [2.75, 3.05) is 25.5 Å². The van der Waals surface area contributed by atoms with E-state index in [1.165, 1.54) is 12.0 Å². The van der Waals surface area contributed by atoms with E-state index >= 15 is 0 Å². The maximum Gasteiger partial charge on any atom is 0.263 e. The van der Waals surface area contributed by atoms with Crippen LogP contribution in [0.5, 0.6) is 11.5 Å². The first-order valence-corrected chi connectivity index (χ1v) is 8.89. The standard InChI is InChI=1S/C21H26N2O4/c1-5-23(14-20(24)22-18-8-6-7-9-19(18)26-4)21(25)16(3)27-17-12-10-15(2)11-13-17/h6-13,16H,5,14H2,1-4H3,(H,22,24). The van der Waals surface area contributed by atoms with Gasteiger partial charge < -0.3 is 19.7 Å². The zero-order valence-corrected chi connectivity index (χ0v) is 16.2. The van der Waals surface area contributed by atoms with E-state index in [4.69, 9.17) is 9.47 Å². The summed E-state index contributed by atoms with van der Waals surface area (Å²) < 4.78 is 10.9. The number of benzene rings is 2. The Morgan fingerprint density at radius 2 is 1.78 bits per heavy atom. The lowest BCUT2D eigenvalue weighted by Gasteiger charge is -2.24. The molecule has 2 rings (SSSR count). The zero-order chi connectivity index (χ0) is 19.8. The van der Waals surface area contributed by atoms with E-state index in [1.807, 2.05) is 44.2 Å². The second-order valence-electron chi connectivity index (χ2n) is 6.17. The molecule has 27 heavy (non-hydrogen) atoms. The Labute approximate surface area is 160 Å². The topological polar surface area (TPSA) is 67.9 Å². The van der Waals surface area contributed by atoms with Crippen molar-refractivity contribution in [2.24, 2.45) is 0 Å². The van der Waals surface area contributed by atoms with Crippen LogP contribution in [0.15, 0.2) is 48.5 Å². The quantitative estimate of drug-likeness (QED) is 0.774. The van der Waals surface area contributed by atoms with Gasteiger partial charge in [-0.2, -0.15) is 0 Å². The number of amides is 2. The molecule has 1 unspecified atom stereocenters. The third-order valence-corrected chi connectivity index (χ3v) is 4.09. The first kappa shape index (κ1) is 20.3. The van der Waals surface area contributed by atoms with Crippen molar-refractivity contribution in [3.63, 3.8) is 0 Å². The molecule has 0 heterocycles. The summed E-state index contributed by atoms with van der Waals surface area (Å²) in [6.45, 7) is 5.84. The molecule has 6 heteroatoms. The van der Waals surface area contributed by atoms with Crippen LogP contribution in [0.25, 0.3) is 0 Å². The van der Waals surface area contributed by atoms with E-state index in [9.17, 15) is 9.59 Å². The van der Waals surface area contributed by atoms with Crippen LogP contribution in [0.1, 0.15) is 19.4 Å². The Balaban J connectivity index is 1.97. The third kappa shape index (κ3) is 5.74. The number of nitrogens with zero attached hydrogens (tertiary/aromatic N) is 1. The van der Waals surface area contributed by atoms with Gasteiger partial charge in [0.2, 0.25) is 5.91 Å². The minimum Gasteiger partial charge on any atom is -0.495 e. The van der Waals surface area contributed by atoms with Gasteiger partial charge in [0.25, 0.3) is 5.91 Å². The van der Waals surface area contributed by atoms with Crippen molar-refractivity contribution < 1.29 is 19.1 Å². The summed E-state index contributed by atoms with van der Waals surface area (Å²) in [6.07, 6.45) is -0.688. The lowest BCUT2D eigenvalue weighted by molar-refractivity contribution is -0.140. The number of methoxy groups -OCH3 is 1. The third-order valence-electron chi connectivity index (χ3n) is 4.09. The highest BCUT2D eigenvalue weighted by molar-refractivity contribution is 5.96. The van der Waals surface area contributed by atoms with Gasteiger partial charge in [-0.25, -0.2) is 0 Å². The Bertz CT molecular complexity index is 774. The van der Waals surface area contributed by atoms with Crippen molar-refractivity contribution in [2.45, 2.75) is 26.9 Å². The molecule has 0 aliphatic heterocycles. The average molecular weight is 370 g/mol. The predicted molar refractivity (Wildman–Crippen MR) is 105 cm³/mol. The fourth-order valence-corrected chi connectivity index (χ4v) is 2.59. The SMILES string of the molecule is CCN(CC(=O)Nc1ccccc1OC)C(=O)C(C)Oc1ccc(C)cc1. The van der Waals surface area contributed by atoms with Gasteiger partial charge in [0.15, 0.2) is 6.10 Å². The molecule has 0 saturated carbocycles. The molecule has 1 N–H and O–H groups in total. The Morgan fingerprint density at radius 1 is 1.11 bits per heavy atom. The van der Waals surface area contributed by atoms with Gasteiger partial charge in [0.1, 0.15) is 11.5 Å². The normalized spacial score (nSPS) is 11.4. The lowest BCUT2D eigenvalue weighted by Crippen LogP contribution is -2.44. The van der Waals surface area contributed by atoms with Crippen LogP contribution < -0.4 is 14.8 Å². The minimum absolute atomic E-state index is 0.0605. The number of rotatable bonds is 8. The van der Waals surface area contributed by atoms with Gasteiger partial charge in [0, 0.05) is 6.54 Å². The molecule has 1 atom stereocenters. The summed E-state index contributed by atoms with van der Waals surface area (Å²) in [5, 5.41) is 2.78. The predicted octanol–water partition coefficient (Wildman–Crippen LogP) is 3.26. The van der Waals surface area contributed by atoms with E-state index in [0.29, 0.717) is 23.7 Å². The molecular formula is C21H26N2O4. The van der Waals surface area contributed by atoms with Crippen LogP contribution in [0.2, 0.25) is 0 Å². The van der Waals surface area contributed by atoms with Crippen LogP contribution in [-0.2, 0) is 9.59 Å². The highest BCUT2D eigenvalue weighted by atomic mass is 16.5. The van der Waals surface area contributed by atoms with Gasteiger partial charge in [-0.05, 0) is 45.0 Å². The van der Waals surface area contributed by atoms with Crippen molar-refractivity contribution in [3.05, 3.63) is 54.1 Å². The van der Waals surface area contributed by atoms with Crippen molar-refractivity contribution in [1.82, 2.24) is 4.90 Å². The van der Waals surface area contributed by atoms with Gasteiger partial charge in [-0.1, -0.05) is 29.8 Å². The average Bonchev–Trinajstić information content (AvgIpc) is 2.67. The number of para-hydroxylation sites is 2. The smallest absolute Gasteiger partial charge is 0.263 e. The summed E-state index contributed by atoms with van der Waals surface area (Å²) >= 11 is 0. The van der Waals surface area contributed by atoms with Gasteiger partial charge in [-0.3, -0.25) is 9.59 Å². The molecule has 144 valence electrons. The number of anilines is 1. The molecule has 0 radical (unpaired) electrons. The fourth-order valence-electron chi connectivity index (χ4n) is 2.59. The molecule has 0 aromatic heterocycles. The molecule has 2 aromatic carbocycles. The maximum atomic E-state index is 12.7. The molecule has 6 nitrogen and oxygen atoms in total. The highest BCUT2D eigenvalue weighted by Gasteiger charge is 2.23. The number of ether oxygens (including phenoxy) is 2. The van der Waals surface area contributed by atoms with Crippen LogP contribution >= 0.6 is 0 Å². The van der Waals surface area contributed by atoms with Crippen LogP contribution in [-0.4, -0.2) is 43.0 Å². The second kappa shape index (κ2) is 9.62. The largest absolute Gasteiger partial charge is 0.495 e. The molecule has 0 saturated heterocycles. The highest BCUT2D eigenvalue weighted by Crippen LogP contribution is 2.23. The minimum atomic E-state index is -0.688. The number of aryl methyl sites for hydroxylation is 1. The van der Waals surface area contributed by atoms with Crippen LogP contribution in [0.3, 0.4) is 0 Å². The van der Waals surface area contributed by atoms with Crippen molar-refractivity contribution in [3.8, 4) is 11.5 Å². The summed E-state index contributed by atoms with van der Waals surface area (Å²) in [5.41, 5.74) is 1.68. The van der Waals surface area contributed by atoms with Gasteiger partial charge in [-0.15, -0.1) is 0 Å². The maximum absolute atomic E-state index is 12.7. The summed E-state index contributed by atoms with van der Waals surface area (Å²) in [6, 6.07) is 14.6. The number of carbonyl (C=O) groups excluding carboxylic acids is 2. The van der Waals surface area contributed by atoms with Crippen LogP contribution in [0, 0.1) is 6.92 Å². The Kier molecular flexibility index (Phi) is 7.23. The molecule has 0 aliphatic carbocycles. The van der Waals surface area contributed by atoms with Gasteiger partial charge in [0.05, 0.1) is 19.3 Å². The summed E-state index contributed by atoms with van der Waals surface area (Å²) in [7, 11) is 1.54. The van der Waals surface area contributed by atoms with E-state index in [2.05, 4.69) is 5.32 Å². The fraction of sp³-hybridized carbons (Fsp3) is 0.333. The number of hydrogen-bond donors (Lipinski definition) is 1. The molecule has 0 aliphatic rings. The number of likely N-dealkylation sites (N-methyl/N-ethyl adjacent to an activating group) is 1. The van der Waals surface area contributed by atoms with E-state index in [0.717, 1.165) is 5.56 Å². The first-order valence-electron chi connectivity index (χ1n) is 8.89. The Hall–Kier alpha value is -3.02. The van der Waals surface area contributed by atoms with Crippen molar-refractivity contribution >= 4 is 17.5 Å². The molecule has 2 aromatic rings.